The van der Waals surface area contributed by atoms with Gasteiger partial charge in [0.1, 0.15) is 0 Å². The molecule has 1 fully saturated rings. The molecule has 0 N–H and O–H groups in total. The third-order valence-corrected chi connectivity index (χ3v) is 3.65. The predicted octanol–water partition coefficient (Wildman–Crippen LogP) is 5.69. The smallest absolute Gasteiger partial charge is 0.0162 e. The molecule has 0 bridgehead atoms. The number of likely N-dealkylation sites (N-methyl/N-ethyl adjacent to an activating group) is 1. The monoisotopic (exact) mass is 314 g/mol. The zero-order valence-corrected chi connectivity index (χ0v) is 17.5. The van der Waals surface area contributed by atoms with Crippen LogP contribution in [0.4, 0.5) is 0 Å². The van der Waals surface area contributed by atoms with Crippen LogP contribution in [0.3, 0.4) is 0 Å². The number of hydrogen-bond acceptors (Lipinski definition) is 2. The Morgan fingerprint density at radius 1 is 0.818 bits per heavy atom. The zero-order valence-electron chi connectivity index (χ0n) is 17.5. The van der Waals surface area contributed by atoms with Crippen molar-refractivity contribution in [1.82, 2.24) is 9.80 Å². The standard InChI is InChI=1S/C7H15N.C7H13N.3C2H6/c2*1-7-3-5-8(2)6-4-7;3*1-2/h7H,3-6H2,1-2H3;3H,4-6H2,1-2H3;3*1-2H3. The lowest BCUT2D eigenvalue weighted by atomic mass is 10.00. The van der Waals surface area contributed by atoms with E-state index in [-0.39, 0.29) is 0 Å². The molecule has 0 unspecified atom stereocenters. The molecule has 0 saturated carbocycles. The molecule has 2 aliphatic heterocycles. The van der Waals surface area contributed by atoms with Gasteiger partial charge in [0.25, 0.3) is 0 Å². The second kappa shape index (κ2) is 20.7. The Balaban J connectivity index is -0.000000246. The van der Waals surface area contributed by atoms with Crippen molar-refractivity contribution in [2.24, 2.45) is 5.92 Å². The van der Waals surface area contributed by atoms with Gasteiger partial charge in [0, 0.05) is 13.1 Å². The van der Waals surface area contributed by atoms with Crippen molar-refractivity contribution in [3.05, 3.63) is 11.6 Å². The molecule has 1 saturated heterocycles. The number of nitrogens with zero attached hydrogens (tertiary/aromatic N) is 2. The Hall–Kier alpha value is -0.340. The topological polar surface area (TPSA) is 6.48 Å². The van der Waals surface area contributed by atoms with Crippen LogP contribution in [-0.2, 0) is 0 Å². The first-order chi connectivity index (χ1) is 10.6. The van der Waals surface area contributed by atoms with E-state index in [1.54, 1.807) is 5.57 Å². The van der Waals surface area contributed by atoms with Crippen LogP contribution < -0.4 is 0 Å². The van der Waals surface area contributed by atoms with Gasteiger partial charge in [0.15, 0.2) is 0 Å². The first kappa shape index (κ1) is 26.6. The lowest BCUT2D eigenvalue weighted by molar-refractivity contribution is 0.230. The second-order valence-corrected chi connectivity index (χ2v) is 5.55. The number of piperidine rings is 1. The summed E-state index contributed by atoms with van der Waals surface area (Å²) in [5.41, 5.74) is 1.54. The summed E-state index contributed by atoms with van der Waals surface area (Å²) in [5.74, 6) is 0.978. The van der Waals surface area contributed by atoms with Gasteiger partial charge in [-0.25, -0.2) is 0 Å². The van der Waals surface area contributed by atoms with Crippen molar-refractivity contribution in [1.29, 1.82) is 0 Å². The number of hydrogen-bond donors (Lipinski definition) is 0. The summed E-state index contributed by atoms with van der Waals surface area (Å²) < 4.78 is 0. The van der Waals surface area contributed by atoms with Gasteiger partial charge in [-0.1, -0.05) is 60.1 Å². The maximum absolute atomic E-state index is 2.40. The largest absolute Gasteiger partial charge is 0.306 e. The van der Waals surface area contributed by atoms with E-state index in [2.05, 4.69) is 43.8 Å². The van der Waals surface area contributed by atoms with E-state index in [0.717, 1.165) is 12.5 Å². The van der Waals surface area contributed by atoms with E-state index in [1.807, 2.05) is 41.5 Å². The van der Waals surface area contributed by atoms with E-state index in [1.165, 1.54) is 38.9 Å². The molecule has 22 heavy (non-hydrogen) atoms. The van der Waals surface area contributed by atoms with Crippen LogP contribution >= 0.6 is 0 Å². The van der Waals surface area contributed by atoms with Crippen LogP contribution in [0.1, 0.15) is 74.7 Å². The molecule has 0 aromatic heterocycles. The Kier molecular flexibility index (Phi) is 24.9. The molecule has 2 heteroatoms. The SMILES string of the molecule is CC.CC.CC.CC1=CCN(C)CC1.CC1CCN(C)CC1. The average Bonchev–Trinajstić information content (AvgIpc) is 2.59. The van der Waals surface area contributed by atoms with Gasteiger partial charge >= 0.3 is 0 Å². The molecule has 0 radical (unpaired) electrons. The first-order valence-electron chi connectivity index (χ1n) is 9.60. The molecule has 2 heterocycles. The van der Waals surface area contributed by atoms with Crippen LogP contribution in [0.2, 0.25) is 0 Å². The van der Waals surface area contributed by atoms with E-state index < -0.39 is 0 Å². The minimum Gasteiger partial charge on any atom is -0.306 e. The summed E-state index contributed by atoms with van der Waals surface area (Å²) >= 11 is 0. The lowest BCUT2D eigenvalue weighted by Crippen LogP contribution is -2.28. The third kappa shape index (κ3) is 17.7. The Morgan fingerprint density at radius 2 is 1.27 bits per heavy atom. The molecule has 0 aromatic rings. The van der Waals surface area contributed by atoms with Crippen molar-refractivity contribution in [2.45, 2.75) is 74.7 Å². The van der Waals surface area contributed by atoms with Gasteiger partial charge in [0.2, 0.25) is 0 Å². The molecule has 0 amide bonds. The third-order valence-electron chi connectivity index (χ3n) is 3.65. The fourth-order valence-corrected chi connectivity index (χ4v) is 2.01. The van der Waals surface area contributed by atoms with Crippen LogP contribution in [0.15, 0.2) is 11.6 Å². The number of likely N-dealkylation sites (tertiary alicyclic amines) is 1. The second-order valence-electron chi connectivity index (χ2n) is 5.55. The number of rotatable bonds is 0. The molecule has 2 nitrogen and oxygen atoms in total. The summed E-state index contributed by atoms with van der Waals surface area (Å²) in [5, 5.41) is 0. The summed E-state index contributed by atoms with van der Waals surface area (Å²) in [6.07, 6.45) is 6.35. The summed E-state index contributed by atoms with van der Waals surface area (Å²) in [7, 11) is 4.36. The molecule has 2 aliphatic rings. The normalized spacial score (nSPS) is 18.7. The van der Waals surface area contributed by atoms with Gasteiger partial charge in [-0.05, 0) is 59.3 Å². The average molecular weight is 315 g/mol. The highest BCUT2D eigenvalue weighted by Gasteiger charge is 2.10. The van der Waals surface area contributed by atoms with Crippen LogP contribution in [-0.4, -0.2) is 50.1 Å². The van der Waals surface area contributed by atoms with Crippen molar-refractivity contribution >= 4 is 0 Å². The Bertz CT molecular complexity index is 206. The van der Waals surface area contributed by atoms with Crippen LogP contribution in [0.5, 0.6) is 0 Å². The van der Waals surface area contributed by atoms with Gasteiger partial charge in [-0.3, -0.25) is 0 Å². The van der Waals surface area contributed by atoms with Crippen molar-refractivity contribution in [3.63, 3.8) is 0 Å². The summed E-state index contributed by atoms with van der Waals surface area (Å²) in [6.45, 7) is 21.5. The fourth-order valence-electron chi connectivity index (χ4n) is 2.01. The van der Waals surface area contributed by atoms with Crippen LogP contribution in [0, 0.1) is 5.92 Å². The Morgan fingerprint density at radius 3 is 1.55 bits per heavy atom. The quantitative estimate of drug-likeness (QED) is 0.530. The maximum atomic E-state index is 2.40. The Labute approximate surface area is 143 Å². The molecule has 2 rings (SSSR count). The van der Waals surface area contributed by atoms with Crippen molar-refractivity contribution < 1.29 is 0 Å². The van der Waals surface area contributed by atoms with Crippen molar-refractivity contribution in [2.75, 3.05) is 40.3 Å². The predicted molar refractivity (Wildman–Crippen MR) is 106 cm³/mol. The zero-order chi connectivity index (χ0) is 18.0. The van der Waals surface area contributed by atoms with Gasteiger partial charge in [-0.2, -0.15) is 0 Å². The molecule has 0 atom stereocenters. The summed E-state index contributed by atoms with van der Waals surface area (Å²) in [6, 6.07) is 0. The summed E-state index contributed by atoms with van der Waals surface area (Å²) in [4.78, 5) is 4.73. The van der Waals surface area contributed by atoms with E-state index >= 15 is 0 Å². The highest BCUT2D eigenvalue weighted by molar-refractivity contribution is 5.02. The van der Waals surface area contributed by atoms with E-state index in [9.17, 15) is 0 Å². The van der Waals surface area contributed by atoms with Crippen LogP contribution in [0.25, 0.3) is 0 Å². The molecule has 0 aromatic carbocycles. The molecule has 0 aliphatic carbocycles. The van der Waals surface area contributed by atoms with Gasteiger partial charge in [-0.15, -0.1) is 0 Å². The van der Waals surface area contributed by atoms with Gasteiger partial charge < -0.3 is 9.80 Å². The fraction of sp³-hybridized carbons (Fsp3) is 0.900. The van der Waals surface area contributed by atoms with E-state index in [0.29, 0.717) is 0 Å². The lowest BCUT2D eigenvalue weighted by Gasteiger charge is -2.26. The van der Waals surface area contributed by atoms with E-state index in [4.69, 9.17) is 0 Å². The maximum Gasteiger partial charge on any atom is 0.0162 e. The molecule has 136 valence electrons. The minimum absolute atomic E-state index is 0.978. The van der Waals surface area contributed by atoms with Gasteiger partial charge in [0.05, 0.1) is 0 Å². The molecule has 0 spiro atoms. The minimum atomic E-state index is 0.978. The first-order valence-corrected chi connectivity index (χ1v) is 9.60. The van der Waals surface area contributed by atoms with Crippen molar-refractivity contribution in [3.8, 4) is 0 Å². The molecular formula is C20H46N2. The highest BCUT2D eigenvalue weighted by Crippen LogP contribution is 2.13. The molecular weight excluding hydrogens is 268 g/mol. The highest BCUT2D eigenvalue weighted by atomic mass is 15.1.